The largest absolute Gasteiger partial charge is 0.395 e. The molecule has 0 amide bonds. The molecule has 1 saturated heterocycles. The van der Waals surface area contributed by atoms with Crippen LogP contribution in [0.5, 0.6) is 0 Å². The summed E-state index contributed by atoms with van der Waals surface area (Å²) in [7, 11) is -2.91. The molecule has 2 aromatic rings. The van der Waals surface area contributed by atoms with Gasteiger partial charge in [-0.1, -0.05) is 88.4 Å². The van der Waals surface area contributed by atoms with Crippen molar-refractivity contribution in [1.29, 1.82) is 0 Å². The van der Waals surface area contributed by atoms with E-state index in [4.69, 9.17) is 13.9 Å². The molecule has 166 valence electrons. The van der Waals surface area contributed by atoms with Gasteiger partial charge in [-0.2, -0.15) is 0 Å². The Hall–Kier alpha value is -1.79. The van der Waals surface area contributed by atoms with Crippen LogP contribution in [0.2, 0.25) is 5.04 Å². The van der Waals surface area contributed by atoms with Crippen LogP contribution in [0.15, 0.2) is 72.1 Å². The van der Waals surface area contributed by atoms with Gasteiger partial charge in [0.25, 0.3) is 8.32 Å². The summed E-state index contributed by atoms with van der Waals surface area (Å²) in [6.45, 7) is 12.3. The smallest absolute Gasteiger partial charge is 0.262 e. The maximum absolute atomic E-state index is 15.8. The minimum Gasteiger partial charge on any atom is -0.395 e. The predicted molar refractivity (Wildman–Crippen MR) is 125 cm³/mol. The van der Waals surface area contributed by atoms with Crippen molar-refractivity contribution >= 4 is 18.7 Å². The molecule has 3 nitrogen and oxygen atoms in total. The lowest BCUT2D eigenvalue weighted by molar-refractivity contribution is -0.154. The molecule has 1 aliphatic heterocycles. The molecule has 3 atom stereocenters. The van der Waals surface area contributed by atoms with Crippen LogP contribution in [0.1, 0.15) is 48.0 Å². The van der Waals surface area contributed by atoms with Crippen LogP contribution >= 0.6 is 0 Å². The van der Waals surface area contributed by atoms with Crippen LogP contribution in [-0.4, -0.2) is 32.4 Å². The maximum atomic E-state index is 15.8. The summed E-state index contributed by atoms with van der Waals surface area (Å²) < 4.78 is 35.2. The summed E-state index contributed by atoms with van der Waals surface area (Å²) in [5.41, 5.74) is 0.665. The molecule has 4 rings (SSSR count). The molecule has 0 aromatic heterocycles. The monoisotopic (exact) mass is 440 g/mol. The lowest BCUT2D eigenvalue weighted by Crippen LogP contribution is -2.68. The van der Waals surface area contributed by atoms with E-state index in [0.29, 0.717) is 12.0 Å². The van der Waals surface area contributed by atoms with E-state index in [9.17, 15) is 0 Å². The Bertz CT molecular complexity index is 910. The van der Waals surface area contributed by atoms with E-state index >= 15 is 4.39 Å². The zero-order valence-electron chi connectivity index (χ0n) is 19.3. The molecule has 1 heterocycles. The first-order valence-corrected chi connectivity index (χ1v) is 13.0. The Morgan fingerprint density at radius 2 is 1.45 bits per heavy atom. The summed E-state index contributed by atoms with van der Waals surface area (Å²) in [5.74, 6) is -0.982. The third-order valence-corrected chi connectivity index (χ3v) is 11.4. The summed E-state index contributed by atoms with van der Waals surface area (Å²) in [6, 6.07) is 20.6. The van der Waals surface area contributed by atoms with E-state index in [1.165, 1.54) is 0 Å². The topological polar surface area (TPSA) is 27.7 Å². The third kappa shape index (κ3) is 3.72. The van der Waals surface area contributed by atoms with Crippen molar-refractivity contribution in [1.82, 2.24) is 0 Å². The van der Waals surface area contributed by atoms with Crippen molar-refractivity contribution in [3.8, 4) is 0 Å². The van der Waals surface area contributed by atoms with Crippen molar-refractivity contribution in [3.05, 3.63) is 72.1 Å². The highest BCUT2D eigenvalue weighted by atomic mass is 28.4. The molecule has 5 heteroatoms. The van der Waals surface area contributed by atoms with Crippen molar-refractivity contribution in [2.24, 2.45) is 0 Å². The van der Waals surface area contributed by atoms with Gasteiger partial charge >= 0.3 is 0 Å². The van der Waals surface area contributed by atoms with Crippen LogP contribution in [-0.2, 0) is 13.9 Å². The van der Waals surface area contributed by atoms with Gasteiger partial charge in [-0.05, 0) is 41.3 Å². The molecule has 0 saturated carbocycles. The molecule has 1 fully saturated rings. The molecule has 0 bridgehead atoms. The third-order valence-electron chi connectivity index (χ3n) is 6.43. The number of ether oxygens (including phenoxy) is 2. The quantitative estimate of drug-likeness (QED) is 0.606. The predicted octanol–water partition coefficient (Wildman–Crippen LogP) is 5.10. The lowest BCUT2D eigenvalue weighted by Gasteiger charge is -2.45. The molecule has 31 heavy (non-hydrogen) atoms. The first-order chi connectivity index (χ1) is 14.6. The first kappa shape index (κ1) is 22.4. The number of fused-ring (bicyclic) bond motifs is 1. The Morgan fingerprint density at radius 1 is 0.935 bits per heavy atom. The summed E-state index contributed by atoms with van der Waals surface area (Å²) >= 11 is 0. The number of hydrogen-bond donors (Lipinski definition) is 0. The normalized spacial score (nSPS) is 25.7. The van der Waals surface area contributed by atoms with Gasteiger partial charge in [-0.25, -0.2) is 4.39 Å². The van der Waals surface area contributed by atoms with Gasteiger partial charge in [0.15, 0.2) is 5.79 Å². The number of rotatable bonds is 5. The van der Waals surface area contributed by atoms with E-state index in [1.54, 1.807) is 0 Å². The van der Waals surface area contributed by atoms with Crippen LogP contribution in [0.4, 0.5) is 4.39 Å². The molecule has 0 spiro atoms. The van der Waals surface area contributed by atoms with Gasteiger partial charge in [0.2, 0.25) is 0 Å². The molecule has 1 aliphatic carbocycles. The fraction of sp³-hybridized carbons (Fsp3) is 0.462. The Morgan fingerprint density at radius 3 is 1.90 bits per heavy atom. The number of hydrogen-bond acceptors (Lipinski definition) is 3. The van der Waals surface area contributed by atoms with E-state index in [1.807, 2.05) is 57.2 Å². The average molecular weight is 441 g/mol. The van der Waals surface area contributed by atoms with Gasteiger partial charge in [0, 0.05) is 0 Å². The molecule has 2 aromatic carbocycles. The molecule has 0 radical (unpaired) electrons. The van der Waals surface area contributed by atoms with Gasteiger partial charge in [0.1, 0.15) is 24.1 Å². The van der Waals surface area contributed by atoms with Crippen LogP contribution in [0.25, 0.3) is 0 Å². The maximum Gasteiger partial charge on any atom is 0.262 e. The Labute approximate surface area is 186 Å². The van der Waals surface area contributed by atoms with E-state index in [2.05, 4.69) is 45.0 Å². The zero-order chi connectivity index (χ0) is 22.4. The number of halogens is 1. The molecule has 0 N–H and O–H groups in total. The van der Waals surface area contributed by atoms with E-state index < -0.39 is 32.4 Å². The van der Waals surface area contributed by atoms with Gasteiger partial charge in [-0.3, -0.25) is 0 Å². The minimum atomic E-state index is -2.91. The van der Waals surface area contributed by atoms with E-state index in [-0.39, 0.29) is 10.9 Å². The summed E-state index contributed by atoms with van der Waals surface area (Å²) in [5, 5.41) is 2.01. The average Bonchev–Trinajstić information content (AvgIpc) is 3.15. The SMILES string of the molecule is CCC1=C(F)[C@@H](O[Si](c2ccccc2)(c2ccccc2)C(C)(C)C)[C@H]2OC(C)(C)O[C@@H]12. The second-order valence-electron chi connectivity index (χ2n) is 9.95. The first-order valence-electron chi connectivity index (χ1n) is 11.1. The van der Waals surface area contributed by atoms with Gasteiger partial charge in [0.05, 0.1) is 0 Å². The second-order valence-corrected chi connectivity index (χ2v) is 14.2. The minimum absolute atomic E-state index is 0.221. The summed E-state index contributed by atoms with van der Waals surface area (Å²) in [4.78, 5) is 0. The van der Waals surface area contributed by atoms with Gasteiger partial charge < -0.3 is 13.9 Å². The van der Waals surface area contributed by atoms with Crippen molar-refractivity contribution < 1.29 is 18.3 Å². The standard InChI is InChI=1S/C26H33FO3Si/c1-7-20-21(27)23(24-22(20)28-26(5,6)29-24)30-31(25(2,3)4,18-14-10-8-11-15-18)19-16-12-9-13-17-19/h8-17,22-24H,7H2,1-6H3/t22-,23+,24-/m0/s1. The molecule has 0 unspecified atom stereocenters. The van der Waals surface area contributed by atoms with Crippen molar-refractivity contribution in [2.45, 2.75) is 77.1 Å². The fourth-order valence-corrected chi connectivity index (χ4v) is 9.75. The Balaban J connectivity index is 1.89. The lowest BCUT2D eigenvalue weighted by atomic mass is 10.1. The van der Waals surface area contributed by atoms with Crippen LogP contribution in [0.3, 0.4) is 0 Å². The second kappa shape index (κ2) is 7.96. The van der Waals surface area contributed by atoms with Crippen LogP contribution < -0.4 is 10.4 Å². The highest BCUT2D eigenvalue weighted by Crippen LogP contribution is 2.47. The Kier molecular flexibility index (Phi) is 5.75. The van der Waals surface area contributed by atoms with Crippen molar-refractivity contribution in [2.75, 3.05) is 0 Å². The van der Waals surface area contributed by atoms with Gasteiger partial charge in [-0.15, -0.1) is 0 Å². The zero-order valence-corrected chi connectivity index (χ0v) is 20.3. The molecule has 2 aliphatic rings. The van der Waals surface area contributed by atoms with Crippen LogP contribution in [0, 0.1) is 0 Å². The molecular formula is C26H33FO3Si. The highest BCUT2D eigenvalue weighted by Gasteiger charge is 2.59. The number of benzene rings is 2. The summed E-state index contributed by atoms with van der Waals surface area (Å²) in [6.07, 6.45) is -1.09. The highest BCUT2D eigenvalue weighted by molar-refractivity contribution is 6.99. The molecular weight excluding hydrogens is 407 g/mol. The van der Waals surface area contributed by atoms with E-state index in [0.717, 1.165) is 10.4 Å². The fourth-order valence-electron chi connectivity index (χ4n) is 5.11. The van der Waals surface area contributed by atoms with Crippen molar-refractivity contribution in [3.63, 3.8) is 0 Å².